The molecule has 0 aliphatic rings. The molecule has 0 bridgehead atoms. The summed E-state index contributed by atoms with van der Waals surface area (Å²) in [6, 6.07) is 22.8. The number of ether oxygens (including phenoxy) is 1. The van der Waals surface area contributed by atoms with Crippen molar-refractivity contribution in [2.75, 3.05) is 13.7 Å². The van der Waals surface area contributed by atoms with Gasteiger partial charge in [0.25, 0.3) is 0 Å². The van der Waals surface area contributed by atoms with E-state index in [1.54, 1.807) is 38.0 Å². The number of hydrogen-bond donors (Lipinski definition) is 2. The third-order valence-corrected chi connectivity index (χ3v) is 7.77. The number of methoxy groups -OCH3 is 1. The lowest BCUT2D eigenvalue weighted by molar-refractivity contribution is -0.140. The van der Waals surface area contributed by atoms with Gasteiger partial charge in [0.2, 0.25) is 21.8 Å². The predicted molar refractivity (Wildman–Crippen MR) is 147 cm³/mol. The number of sulfonamides is 1. The Morgan fingerprint density at radius 2 is 1.58 bits per heavy atom. The van der Waals surface area contributed by atoms with Crippen molar-refractivity contribution in [3.8, 4) is 5.75 Å². The van der Waals surface area contributed by atoms with E-state index in [-0.39, 0.29) is 29.7 Å². The standard InChI is InChI=1S/C29H35N3O5S/c1-4-31-38(35,36)26-17-14-23(15-18-26)16-19-28(33)32(21-24-10-6-5-7-11-24)22(2)29(34)30-20-25-12-8-9-13-27(25)37-3/h5-15,17-18,22,31H,4,16,19-21H2,1-3H3,(H,30,34). The molecule has 0 aliphatic heterocycles. The smallest absolute Gasteiger partial charge is 0.242 e. The fourth-order valence-electron chi connectivity index (χ4n) is 4.05. The fourth-order valence-corrected chi connectivity index (χ4v) is 5.09. The maximum absolute atomic E-state index is 13.4. The minimum Gasteiger partial charge on any atom is -0.496 e. The summed E-state index contributed by atoms with van der Waals surface area (Å²) in [5, 5.41) is 2.92. The van der Waals surface area contributed by atoms with Crippen molar-refractivity contribution in [3.63, 3.8) is 0 Å². The molecule has 3 aromatic carbocycles. The first-order chi connectivity index (χ1) is 18.2. The molecule has 0 radical (unpaired) electrons. The number of aryl methyl sites for hydroxylation is 1. The Bertz CT molecular complexity index is 1310. The summed E-state index contributed by atoms with van der Waals surface area (Å²) in [5.74, 6) is 0.248. The van der Waals surface area contributed by atoms with E-state index >= 15 is 0 Å². The fraction of sp³-hybridized carbons (Fsp3) is 0.310. The van der Waals surface area contributed by atoms with Gasteiger partial charge in [0.1, 0.15) is 11.8 Å². The maximum atomic E-state index is 13.4. The van der Waals surface area contributed by atoms with Gasteiger partial charge < -0.3 is 15.0 Å². The SMILES string of the molecule is CCNS(=O)(=O)c1ccc(CCC(=O)N(Cc2ccccc2)C(C)C(=O)NCc2ccccc2OC)cc1. The van der Waals surface area contributed by atoms with Crippen LogP contribution in [-0.2, 0) is 39.1 Å². The first-order valence-corrected chi connectivity index (χ1v) is 14.0. The number of amides is 2. The number of benzene rings is 3. The lowest BCUT2D eigenvalue weighted by Gasteiger charge is -2.29. The summed E-state index contributed by atoms with van der Waals surface area (Å²) in [6.07, 6.45) is 0.595. The highest BCUT2D eigenvalue weighted by Gasteiger charge is 2.26. The van der Waals surface area contributed by atoms with Crippen LogP contribution >= 0.6 is 0 Å². The molecule has 0 saturated heterocycles. The van der Waals surface area contributed by atoms with E-state index in [0.717, 1.165) is 16.7 Å². The Labute approximate surface area is 225 Å². The summed E-state index contributed by atoms with van der Waals surface area (Å²) in [6.45, 7) is 4.32. The minimum absolute atomic E-state index is 0.168. The predicted octanol–water partition coefficient (Wildman–Crippen LogP) is 3.66. The molecule has 1 unspecified atom stereocenters. The highest BCUT2D eigenvalue weighted by Crippen LogP contribution is 2.18. The number of rotatable bonds is 13. The maximum Gasteiger partial charge on any atom is 0.242 e. The molecule has 1 atom stereocenters. The van der Waals surface area contributed by atoms with Crippen molar-refractivity contribution in [1.82, 2.24) is 14.9 Å². The van der Waals surface area contributed by atoms with Gasteiger partial charge in [-0.15, -0.1) is 0 Å². The third-order valence-electron chi connectivity index (χ3n) is 6.20. The monoisotopic (exact) mass is 537 g/mol. The van der Waals surface area contributed by atoms with Gasteiger partial charge >= 0.3 is 0 Å². The van der Waals surface area contributed by atoms with Crippen molar-refractivity contribution in [2.45, 2.75) is 50.7 Å². The van der Waals surface area contributed by atoms with Gasteiger partial charge in [-0.1, -0.05) is 67.6 Å². The Balaban J connectivity index is 1.69. The highest BCUT2D eigenvalue weighted by molar-refractivity contribution is 7.89. The molecular formula is C29H35N3O5S. The zero-order valence-electron chi connectivity index (χ0n) is 22.0. The molecule has 9 heteroatoms. The van der Waals surface area contributed by atoms with Gasteiger partial charge in [-0.2, -0.15) is 0 Å². The summed E-state index contributed by atoms with van der Waals surface area (Å²) in [7, 11) is -1.95. The number of hydrogen-bond acceptors (Lipinski definition) is 5. The van der Waals surface area contributed by atoms with Crippen LogP contribution in [0.15, 0.2) is 83.8 Å². The quantitative estimate of drug-likeness (QED) is 0.346. The molecule has 0 spiro atoms. The second-order valence-electron chi connectivity index (χ2n) is 8.86. The molecule has 3 aromatic rings. The van der Waals surface area contributed by atoms with Crippen molar-refractivity contribution in [3.05, 3.63) is 95.6 Å². The molecule has 2 N–H and O–H groups in total. The van der Waals surface area contributed by atoms with E-state index in [9.17, 15) is 18.0 Å². The van der Waals surface area contributed by atoms with Crippen LogP contribution in [-0.4, -0.2) is 44.8 Å². The molecule has 202 valence electrons. The van der Waals surface area contributed by atoms with Crippen molar-refractivity contribution in [2.24, 2.45) is 0 Å². The molecule has 0 fully saturated rings. The van der Waals surface area contributed by atoms with Gasteiger partial charge in [-0.25, -0.2) is 13.1 Å². The van der Waals surface area contributed by atoms with Crippen LogP contribution in [0, 0.1) is 0 Å². The van der Waals surface area contributed by atoms with Crippen LogP contribution < -0.4 is 14.8 Å². The van der Waals surface area contributed by atoms with Gasteiger partial charge in [-0.3, -0.25) is 9.59 Å². The van der Waals surface area contributed by atoms with E-state index in [2.05, 4.69) is 10.0 Å². The summed E-state index contributed by atoms with van der Waals surface area (Å²) < 4.78 is 32.2. The van der Waals surface area contributed by atoms with E-state index in [0.29, 0.717) is 25.3 Å². The molecule has 0 saturated carbocycles. The van der Waals surface area contributed by atoms with Gasteiger partial charge in [0.15, 0.2) is 0 Å². The van der Waals surface area contributed by atoms with Crippen LogP contribution in [0.4, 0.5) is 0 Å². The topological polar surface area (TPSA) is 105 Å². The number of para-hydroxylation sites is 1. The van der Waals surface area contributed by atoms with E-state index < -0.39 is 16.1 Å². The van der Waals surface area contributed by atoms with Gasteiger partial charge in [0.05, 0.1) is 12.0 Å². The van der Waals surface area contributed by atoms with Crippen LogP contribution in [0.25, 0.3) is 0 Å². The molecule has 2 amide bonds. The van der Waals surface area contributed by atoms with Crippen LogP contribution in [0.5, 0.6) is 5.75 Å². The van der Waals surface area contributed by atoms with Gasteiger partial charge in [0, 0.05) is 31.6 Å². The zero-order valence-corrected chi connectivity index (χ0v) is 22.8. The van der Waals surface area contributed by atoms with Gasteiger partial charge in [-0.05, 0) is 42.7 Å². The normalized spacial score (nSPS) is 12.0. The van der Waals surface area contributed by atoms with E-state index in [1.165, 1.54) is 12.1 Å². The molecule has 8 nitrogen and oxygen atoms in total. The lowest BCUT2D eigenvalue weighted by Crippen LogP contribution is -2.47. The summed E-state index contributed by atoms with van der Waals surface area (Å²) >= 11 is 0. The minimum atomic E-state index is -3.53. The number of nitrogens with one attached hydrogen (secondary N) is 2. The second kappa shape index (κ2) is 13.7. The summed E-state index contributed by atoms with van der Waals surface area (Å²) in [5.41, 5.74) is 2.60. The first-order valence-electron chi connectivity index (χ1n) is 12.6. The number of carbonyl (C=O) groups is 2. The second-order valence-corrected chi connectivity index (χ2v) is 10.6. The number of nitrogens with zero attached hydrogens (tertiary/aromatic N) is 1. The van der Waals surface area contributed by atoms with E-state index in [1.807, 2.05) is 54.6 Å². The lowest BCUT2D eigenvalue weighted by atomic mass is 10.1. The molecule has 0 heterocycles. The van der Waals surface area contributed by atoms with E-state index in [4.69, 9.17) is 4.74 Å². The first kappa shape index (κ1) is 28.9. The average molecular weight is 538 g/mol. The molecule has 38 heavy (non-hydrogen) atoms. The highest BCUT2D eigenvalue weighted by atomic mass is 32.2. The number of carbonyl (C=O) groups excluding carboxylic acids is 2. The molecule has 0 aromatic heterocycles. The largest absolute Gasteiger partial charge is 0.496 e. The average Bonchev–Trinajstić information content (AvgIpc) is 2.93. The van der Waals surface area contributed by atoms with Crippen LogP contribution in [0.3, 0.4) is 0 Å². The zero-order chi connectivity index (χ0) is 27.5. The molecular weight excluding hydrogens is 502 g/mol. The Morgan fingerprint density at radius 3 is 2.24 bits per heavy atom. The third kappa shape index (κ3) is 7.90. The van der Waals surface area contributed by atoms with Crippen molar-refractivity contribution in [1.29, 1.82) is 0 Å². The summed E-state index contributed by atoms with van der Waals surface area (Å²) in [4.78, 5) is 28.2. The Hall–Kier alpha value is -3.69. The van der Waals surface area contributed by atoms with Crippen LogP contribution in [0.1, 0.15) is 37.0 Å². The Kier molecular flexibility index (Phi) is 10.4. The molecule has 3 rings (SSSR count). The Morgan fingerprint density at radius 1 is 0.921 bits per heavy atom. The molecule has 0 aliphatic carbocycles. The van der Waals surface area contributed by atoms with Crippen molar-refractivity contribution >= 4 is 21.8 Å². The van der Waals surface area contributed by atoms with Crippen molar-refractivity contribution < 1.29 is 22.7 Å². The van der Waals surface area contributed by atoms with Crippen LogP contribution in [0.2, 0.25) is 0 Å².